The third kappa shape index (κ3) is 2.78. The maximum absolute atomic E-state index is 13.7. The van der Waals surface area contributed by atoms with Crippen molar-refractivity contribution in [3.05, 3.63) is 42.2 Å². The summed E-state index contributed by atoms with van der Waals surface area (Å²) in [7, 11) is 1.46. The van der Waals surface area contributed by atoms with Gasteiger partial charge in [0.1, 0.15) is 17.2 Å². The molecular formula is C15H16FNO2. The van der Waals surface area contributed by atoms with Crippen LogP contribution in [0.5, 0.6) is 11.5 Å². The molecule has 2 aromatic carbocycles. The fourth-order valence-corrected chi connectivity index (χ4v) is 1.86. The lowest BCUT2D eigenvalue weighted by Crippen LogP contribution is -1.97. The molecule has 0 aliphatic rings. The standard InChI is InChI=1S/C15H16FNO2/c1-3-19-12-6-4-5-10(7-12)11-8-13(16)15(17)14(9-11)18-2/h4-9H,3,17H2,1-2H3. The lowest BCUT2D eigenvalue weighted by molar-refractivity contribution is 0.340. The molecular weight excluding hydrogens is 245 g/mol. The summed E-state index contributed by atoms with van der Waals surface area (Å²) < 4.78 is 24.2. The molecule has 4 heteroatoms. The van der Waals surface area contributed by atoms with E-state index in [1.165, 1.54) is 13.2 Å². The van der Waals surface area contributed by atoms with Gasteiger partial charge in [0, 0.05) is 0 Å². The zero-order valence-corrected chi connectivity index (χ0v) is 10.9. The number of halogens is 1. The van der Waals surface area contributed by atoms with Crippen LogP contribution in [-0.4, -0.2) is 13.7 Å². The van der Waals surface area contributed by atoms with Gasteiger partial charge in [-0.05, 0) is 42.3 Å². The molecule has 0 heterocycles. The molecule has 0 unspecified atom stereocenters. The molecule has 0 spiro atoms. The highest BCUT2D eigenvalue weighted by atomic mass is 19.1. The summed E-state index contributed by atoms with van der Waals surface area (Å²) in [4.78, 5) is 0. The monoisotopic (exact) mass is 261 g/mol. The second-order valence-electron chi connectivity index (χ2n) is 4.03. The lowest BCUT2D eigenvalue weighted by Gasteiger charge is -2.10. The highest BCUT2D eigenvalue weighted by molar-refractivity contribution is 5.71. The lowest BCUT2D eigenvalue weighted by atomic mass is 10.0. The Labute approximate surface area is 111 Å². The number of hydrogen-bond acceptors (Lipinski definition) is 3. The Morgan fingerprint density at radius 1 is 1.16 bits per heavy atom. The minimum Gasteiger partial charge on any atom is -0.494 e. The van der Waals surface area contributed by atoms with Crippen molar-refractivity contribution in [2.24, 2.45) is 0 Å². The van der Waals surface area contributed by atoms with Crippen molar-refractivity contribution in [3.63, 3.8) is 0 Å². The number of nitrogen functional groups attached to an aromatic ring is 1. The molecule has 19 heavy (non-hydrogen) atoms. The van der Waals surface area contributed by atoms with Crippen LogP contribution < -0.4 is 15.2 Å². The molecule has 0 fully saturated rings. The van der Waals surface area contributed by atoms with Gasteiger partial charge in [0.25, 0.3) is 0 Å². The highest BCUT2D eigenvalue weighted by Gasteiger charge is 2.10. The van der Waals surface area contributed by atoms with Crippen molar-refractivity contribution < 1.29 is 13.9 Å². The first-order valence-electron chi connectivity index (χ1n) is 6.02. The molecule has 0 atom stereocenters. The van der Waals surface area contributed by atoms with Crippen LogP contribution in [0.1, 0.15) is 6.92 Å². The maximum Gasteiger partial charge on any atom is 0.150 e. The number of rotatable bonds is 4. The van der Waals surface area contributed by atoms with Crippen molar-refractivity contribution in [3.8, 4) is 22.6 Å². The zero-order valence-electron chi connectivity index (χ0n) is 10.9. The minimum absolute atomic E-state index is 0.0206. The number of hydrogen-bond donors (Lipinski definition) is 1. The first kappa shape index (κ1) is 13.2. The molecule has 0 aliphatic heterocycles. The second-order valence-corrected chi connectivity index (χ2v) is 4.03. The molecule has 0 saturated heterocycles. The molecule has 3 nitrogen and oxygen atoms in total. The first-order valence-corrected chi connectivity index (χ1v) is 6.02. The molecule has 2 N–H and O–H groups in total. The average Bonchev–Trinajstić information content (AvgIpc) is 2.42. The Morgan fingerprint density at radius 2 is 1.95 bits per heavy atom. The van der Waals surface area contributed by atoms with E-state index in [9.17, 15) is 4.39 Å². The molecule has 2 rings (SSSR count). The van der Waals surface area contributed by atoms with Gasteiger partial charge in [0.2, 0.25) is 0 Å². The Kier molecular flexibility index (Phi) is 3.90. The van der Waals surface area contributed by atoms with E-state index in [1.807, 2.05) is 31.2 Å². The van der Waals surface area contributed by atoms with Crippen molar-refractivity contribution >= 4 is 5.69 Å². The number of benzene rings is 2. The summed E-state index contributed by atoms with van der Waals surface area (Å²) in [6.07, 6.45) is 0. The summed E-state index contributed by atoms with van der Waals surface area (Å²) in [5, 5.41) is 0. The number of anilines is 1. The number of ether oxygens (including phenoxy) is 2. The maximum atomic E-state index is 13.7. The van der Waals surface area contributed by atoms with Gasteiger partial charge in [-0.25, -0.2) is 4.39 Å². The van der Waals surface area contributed by atoms with E-state index in [2.05, 4.69) is 0 Å². The molecule has 0 radical (unpaired) electrons. The molecule has 0 amide bonds. The van der Waals surface area contributed by atoms with E-state index in [4.69, 9.17) is 15.2 Å². The van der Waals surface area contributed by atoms with Crippen LogP contribution >= 0.6 is 0 Å². The van der Waals surface area contributed by atoms with Crippen LogP contribution in [-0.2, 0) is 0 Å². The van der Waals surface area contributed by atoms with E-state index >= 15 is 0 Å². The minimum atomic E-state index is -0.490. The van der Waals surface area contributed by atoms with Crippen LogP contribution in [0.25, 0.3) is 11.1 Å². The zero-order chi connectivity index (χ0) is 13.8. The van der Waals surface area contributed by atoms with Crippen LogP contribution in [0.15, 0.2) is 36.4 Å². The summed E-state index contributed by atoms with van der Waals surface area (Å²) >= 11 is 0. The molecule has 100 valence electrons. The Balaban J connectivity index is 2.46. The SMILES string of the molecule is CCOc1cccc(-c2cc(F)c(N)c(OC)c2)c1. The van der Waals surface area contributed by atoms with Gasteiger partial charge in [-0.1, -0.05) is 12.1 Å². The molecule has 0 aliphatic carbocycles. The predicted molar refractivity (Wildman–Crippen MR) is 74.0 cm³/mol. The predicted octanol–water partition coefficient (Wildman–Crippen LogP) is 3.48. The van der Waals surface area contributed by atoms with Gasteiger partial charge in [-0.2, -0.15) is 0 Å². The van der Waals surface area contributed by atoms with Crippen LogP contribution in [0.4, 0.5) is 10.1 Å². The normalized spacial score (nSPS) is 10.3. The molecule has 0 bridgehead atoms. The van der Waals surface area contributed by atoms with Crippen LogP contribution in [0.3, 0.4) is 0 Å². The van der Waals surface area contributed by atoms with Crippen molar-refractivity contribution in [1.82, 2.24) is 0 Å². The van der Waals surface area contributed by atoms with E-state index in [0.717, 1.165) is 11.3 Å². The van der Waals surface area contributed by atoms with Gasteiger partial charge in [-0.3, -0.25) is 0 Å². The average molecular weight is 261 g/mol. The summed E-state index contributed by atoms with van der Waals surface area (Å²) in [5.74, 6) is 0.587. The Hall–Kier alpha value is -2.23. The highest BCUT2D eigenvalue weighted by Crippen LogP contribution is 2.32. The van der Waals surface area contributed by atoms with Crippen molar-refractivity contribution in [2.45, 2.75) is 6.92 Å². The third-order valence-electron chi connectivity index (χ3n) is 2.79. The summed E-state index contributed by atoms with van der Waals surface area (Å²) in [6, 6.07) is 10.6. The first-order chi connectivity index (χ1) is 9.15. The van der Waals surface area contributed by atoms with Gasteiger partial charge in [0.05, 0.1) is 13.7 Å². The molecule has 2 aromatic rings. The van der Waals surface area contributed by atoms with Gasteiger partial charge >= 0.3 is 0 Å². The van der Waals surface area contributed by atoms with Gasteiger partial charge in [0.15, 0.2) is 5.82 Å². The van der Waals surface area contributed by atoms with E-state index < -0.39 is 5.82 Å². The van der Waals surface area contributed by atoms with E-state index in [-0.39, 0.29) is 5.69 Å². The van der Waals surface area contributed by atoms with Crippen molar-refractivity contribution in [2.75, 3.05) is 19.5 Å². The number of methoxy groups -OCH3 is 1. The van der Waals surface area contributed by atoms with Crippen LogP contribution in [0.2, 0.25) is 0 Å². The molecule has 0 saturated carbocycles. The second kappa shape index (κ2) is 5.61. The fourth-order valence-electron chi connectivity index (χ4n) is 1.86. The quantitative estimate of drug-likeness (QED) is 0.857. The topological polar surface area (TPSA) is 44.5 Å². The van der Waals surface area contributed by atoms with E-state index in [0.29, 0.717) is 17.9 Å². The molecule has 0 aromatic heterocycles. The van der Waals surface area contributed by atoms with Gasteiger partial charge < -0.3 is 15.2 Å². The Bertz CT molecular complexity index is 584. The van der Waals surface area contributed by atoms with E-state index in [1.54, 1.807) is 6.07 Å². The fraction of sp³-hybridized carbons (Fsp3) is 0.200. The summed E-state index contributed by atoms with van der Waals surface area (Å²) in [5.41, 5.74) is 7.16. The van der Waals surface area contributed by atoms with Crippen molar-refractivity contribution in [1.29, 1.82) is 0 Å². The van der Waals surface area contributed by atoms with Gasteiger partial charge in [-0.15, -0.1) is 0 Å². The third-order valence-corrected chi connectivity index (χ3v) is 2.79. The Morgan fingerprint density at radius 3 is 2.63 bits per heavy atom. The largest absolute Gasteiger partial charge is 0.494 e. The smallest absolute Gasteiger partial charge is 0.150 e. The summed E-state index contributed by atoms with van der Waals surface area (Å²) in [6.45, 7) is 2.50. The number of nitrogens with two attached hydrogens (primary N) is 1. The van der Waals surface area contributed by atoms with Crippen LogP contribution in [0, 0.1) is 5.82 Å².